The summed E-state index contributed by atoms with van der Waals surface area (Å²) in [6.45, 7) is 9.56. The number of nitrogens with zero attached hydrogens (tertiary/aromatic N) is 3. The minimum atomic E-state index is -0.180. The topological polar surface area (TPSA) is 89.7 Å². The maximum Gasteiger partial charge on any atom is 0.258 e. The van der Waals surface area contributed by atoms with Crippen molar-refractivity contribution in [2.75, 3.05) is 25.0 Å². The van der Waals surface area contributed by atoms with Crippen molar-refractivity contribution in [1.82, 2.24) is 24.8 Å². The molecule has 0 bridgehead atoms. The summed E-state index contributed by atoms with van der Waals surface area (Å²) >= 11 is 6.52. The van der Waals surface area contributed by atoms with E-state index in [1.165, 1.54) is 0 Å². The molecule has 1 saturated heterocycles. The van der Waals surface area contributed by atoms with Crippen LogP contribution in [0.1, 0.15) is 42.4 Å². The van der Waals surface area contributed by atoms with Crippen molar-refractivity contribution in [3.05, 3.63) is 62.4 Å². The monoisotopic (exact) mass is 464 g/mol. The summed E-state index contributed by atoms with van der Waals surface area (Å²) in [5.41, 5.74) is 6.54. The van der Waals surface area contributed by atoms with Gasteiger partial charge in [-0.05, 0) is 62.6 Å². The highest BCUT2D eigenvalue weighted by Gasteiger charge is 2.19. The molecule has 0 saturated carbocycles. The molecule has 33 heavy (non-hydrogen) atoms. The van der Waals surface area contributed by atoms with E-state index < -0.39 is 0 Å². The molecule has 0 amide bonds. The van der Waals surface area contributed by atoms with Crippen LogP contribution in [0.5, 0.6) is 0 Å². The Hall–Kier alpha value is -2.90. The van der Waals surface area contributed by atoms with Gasteiger partial charge >= 0.3 is 0 Å². The van der Waals surface area contributed by atoms with Gasteiger partial charge in [0.15, 0.2) is 0 Å². The van der Waals surface area contributed by atoms with Gasteiger partial charge in [-0.25, -0.2) is 4.98 Å². The quantitative estimate of drug-likeness (QED) is 0.403. The van der Waals surface area contributed by atoms with Crippen LogP contribution in [-0.4, -0.2) is 50.5 Å². The molecule has 7 nitrogen and oxygen atoms in total. The molecule has 0 spiro atoms. The van der Waals surface area contributed by atoms with Gasteiger partial charge in [0.05, 0.1) is 32.6 Å². The Balaban J connectivity index is 1.42. The number of nitrogens with one attached hydrogen (secondary N) is 3. The molecule has 0 aliphatic carbocycles. The molecule has 5 rings (SSSR count). The van der Waals surface area contributed by atoms with Gasteiger partial charge in [-0.1, -0.05) is 18.5 Å². The molecule has 1 aliphatic rings. The van der Waals surface area contributed by atoms with Crippen LogP contribution in [0.25, 0.3) is 21.9 Å². The number of aryl methyl sites for hydroxylation is 2. The van der Waals surface area contributed by atoms with Crippen LogP contribution in [-0.2, 0) is 6.42 Å². The molecule has 0 atom stereocenters. The molecule has 172 valence electrons. The molecule has 1 fully saturated rings. The summed E-state index contributed by atoms with van der Waals surface area (Å²) in [5, 5.41) is 4.63. The van der Waals surface area contributed by atoms with Crippen LogP contribution in [0.4, 0.5) is 5.69 Å². The standard InChI is InChI=1S/C25H29ClN6O/c1-4-32-7-5-17(6-8-32)29-21-12-20-18(11-19(21)26)25(33)31-23(30-20)10-16-9-22-24(27-13-16)14(2)15(3)28-22/h9,11-13,17,28-29H,4-8,10H2,1-3H3,(H,30,31,33). The number of benzene rings is 1. The molecular formula is C25H29ClN6O. The molecule has 0 unspecified atom stereocenters. The Bertz CT molecular complexity index is 1380. The summed E-state index contributed by atoms with van der Waals surface area (Å²) in [6, 6.07) is 6.06. The van der Waals surface area contributed by atoms with Crippen molar-refractivity contribution in [3.8, 4) is 0 Å². The van der Waals surface area contributed by atoms with E-state index in [-0.39, 0.29) is 5.56 Å². The predicted molar refractivity (Wildman–Crippen MR) is 135 cm³/mol. The van der Waals surface area contributed by atoms with Crippen molar-refractivity contribution in [1.29, 1.82) is 0 Å². The van der Waals surface area contributed by atoms with Crippen LogP contribution in [0.3, 0.4) is 0 Å². The molecule has 1 aliphatic heterocycles. The van der Waals surface area contributed by atoms with Gasteiger partial charge in [0.25, 0.3) is 5.56 Å². The fraction of sp³-hybridized carbons (Fsp3) is 0.400. The van der Waals surface area contributed by atoms with Gasteiger partial charge in [0, 0.05) is 37.4 Å². The van der Waals surface area contributed by atoms with Gasteiger partial charge < -0.3 is 20.2 Å². The maximum atomic E-state index is 12.8. The first kappa shape index (κ1) is 21.9. The Labute approximate surface area is 197 Å². The zero-order chi connectivity index (χ0) is 23.1. The molecule has 0 radical (unpaired) electrons. The van der Waals surface area contributed by atoms with Crippen LogP contribution in [0.15, 0.2) is 29.2 Å². The Kier molecular flexibility index (Phi) is 5.85. The van der Waals surface area contributed by atoms with E-state index in [0.29, 0.717) is 34.2 Å². The fourth-order valence-electron chi connectivity index (χ4n) is 4.68. The number of anilines is 1. The normalized spacial score (nSPS) is 15.5. The number of rotatable bonds is 5. The number of H-pyrrole nitrogens is 2. The lowest BCUT2D eigenvalue weighted by Crippen LogP contribution is -2.38. The Morgan fingerprint density at radius 2 is 1.97 bits per heavy atom. The van der Waals surface area contributed by atoms with Crippen LogP contribution in [0.2, 0.25) is 5.02 Å². The van der Waals surface area contributed by atoms with E-state index in [0.717, 1.165) is 66.0 Å². The number of hydrogen-bond donors (Lipinski definition) is 3. The van der Waals surface area contributed by atoms with Crippen molar-refractivity contribution in [3.63, 3.8) is 0 Å². The number of pyridine rings is 1. The fourth-order valence-corrected chi connectivity index (χ4v) is 4.90. The number of likely N-dealkylation sites (tertiary alicyclic amines) is 1. The smallest absolute Gasteiger partial charge is 0.258 e. The second-order valence-electron chi connectivity index (χ2n) is 9.01. The molecule has 8 heteroatoms. The second kappa shape index (κ2) is 8.80. The maximum absolute atomic E-state index is 12.8. The van der Waals surface area contributed by atoms with Crippen molar-refractivity contribution in [2.24, 2.45) is 0 Å². The minimum absolute atomic E-state index is 0.180. The lowest BCUT2D eigenvalue weighted by atomic mass is 10.0. The third-order valence-corrected chi connectivity index (χ3v) is 7.11. The van der Waals surface area contributed by atoms with Gasteiger partial charge in [0.2, 0.25) is 0 Å². The first-order valence-corrected chi connectivity index (χ1v) is 11.9. The lowest BCUT2D eigenvalue weighted by Gasteiger charge is -2.32. The van der Waals surface area contributed by atoms with Gasteiger partial charge in [-0.3, -0.25) is 9.78 Å². The summed E-state index contributed by atoms with van der Waals surface area (Å²) in [4.78, 5) is 30.9. The number of hydrogen-bond acceptors (Lipinski definition) is 5. The number of piperidine rings is 1. The molecular weight excluding hydrogens is 436 g/mol. The third-order valence-electron chi connectivity index (χ3n) is 6.79. The average molecular weight is 465 g/mol. The number of fused-ring (bicyclic) bond motifs is 2. The highest BCUT2D eigenvalue weighted by Crippen LogP contribution is 2.28. The van der Waals surface area contributed by atoms with E-state index in [1.54, 1.807) is 6.07 Å². The first-order valence-electron chi connectivity index (χ1n) is 11.6. The molecule has 3 N–H and O–H groups in total. The Morgan fingerprint density at radius 1 is 1.18 bits per heavy atom. The number of halogens is 1. The van der Waals surface area contributed by atoms with Crippen LogP contribution < -0.4 is 10.9 Å². The third kappa shape index (κ3) is 4.35. The van der Waals surface area contributed by atoms with Crippen molar-refractivity contribution < 1.29 is 0 Å². The zero-order valence-electron chi connectivity index (χ0n) is 19.3. The largest absolute Gasteiger partial charge is 0.381 e. The zero-order valence-corrected chi connectivity index (χ0v) is 20.0. The highest BCUT2D eigenvalue weighted by molar-refractivity contribution is 6.34. The number of aromatic amines is 2. The highest BCUT2D eigenvalue weighted by atomic mass is 35.5. The SMILES string of the molecule is CCN1CCC(Nc2cc3nc(Cc4cnc5c(C)c(C)[nH]c5c4)[nH]c(=O)c3cc2Cl)CC1. The van der Waals surface area contributed by atoms with Gasteiger partial charge in [0.1, 0.15) is 5.82 Å². The molecule has 1 aromatic carbocycles. The van der Waals surface area contributed by atoms with E-state index in [2.05, 4.69) is 45.1 Å². The minimum Gasteiger partial charge on any atom is -0.381 e. The lowest BCUT2D eigenvalue weighted by molar-refractivity contribution is 0.229. The van der Waals surface area contributed by atoms with Gasteiger partial charge in [-0.15, -0.1) is 0 Å². The summed E-state index contributed by atoms with van der Waals surface area (Å²) < 4.78 is 0. The van der Waals surface area contributed by atoms with Crippen molar-refractivity contribution >= 4 is 39.2 Å². The number of aromatic nitrogens is 4. The molecule has 4 aromatic rings. The summed E-state index contributed by atoms with van der Waals surface area (Å²) in [6.07, 6.45) is 4.49. The first-order chi connectivity index (χ1) is 15.9. The van der Waals surface area contributed by atoms with Crippen molar-refractivity contribution in [2.45, 2.75) is 46.1 Å². The van der Waals surface area contributed by atoms with E-state index in [1.807, 2.05) is 19.2 Å². The molecule has 4 heterocycles. The molecule has 3 aromatic heterocycles. The Morgan fingerprint density at radius 3 is 2.73 bits per heavy atom. The summed E-state index contributed by atoms with van der Waals surface area (Å²) in [7, 11) is 0. The van der Waals surface area contributed by atoms with E-state index in [4.69, 9.17) is 16.6 Å². The average Bonchev–Trinajstić information content (AvgIpc) is 3.08. The van der Waals surface area contributed by atoms with Crippen LogP contribution >= 0.6 is 11.6 Å². The second-order valence-corrected chi connectivity index (χ2v) is 9.41. The van der Waals surface area contributed by atoms with E-state index in [9.17, 15) is 4.79 Å². The van der Waals surface area contributed by atoms with E-state index >= 15 is 0 Å². The predicted octanol–water partition coefficient (Wildman–Crippen LogP) is 4.56. The van der Waals surface area contributed by atoms with Crippen LogP contribution in [0, 0.1) is 13.8 Å². The van der Waals surface area contributed by atoms with Gasteiger partial charge in [-0.2, -0.15) is 0 Å². The summed E-state index contributed by atoms with van der Waals surface area (Å²) in [5.74, 6) is 0.609.